The minimum atomic E-state index is -0.300. The second kappa shape index (κ2) is 7.53. The Morgan fingerprint density at radius 1 is 1.23 bits per heavy atom. The summed E-state index contributed by atoms with van der Waals surface area (Å²) < 4.78 is 13.0. The molecule has 1 aromatic rings. The number of halogens is 1. The average molecular weight is 362 g/mol. The van der Waals surface area contributed by atoms with Crippen molar-refractivity contribution in [2.45, 2.75) is 39.3 Å². The number of carbonyl (C=O) groups is 1. The molecule has 0 bridgehead atoms. The molecule has 1 aromatic carbocycles. The summed E-state index contributed by atoms with van der Waals surface area (Å²) in [6.45, 7) is 14.6. The molecular weight excluding hydrogens is 331 g/mol. The van der Waals surface area contributed by atoms with Crippen molar-refractivity contribution in [3.05, 3.63) is 30.1 Å². The van der Waals surface area contributed by atoms with Gasteiger partial charge in [0.25, 0.3) is 0 Å². The molecule has 0 unspecified atom stereocenters. The highest BCUT2D eigenvalue weighted by molar-refractivity contribution is 5.89. The number of anilines is 1. The molecule has 0 radical (unpaired) electrons. The maximum Gasteiger partial charge on any atom is 0.321 e. The van der Waals surface area contributed by atoms with Gasteiger partial charge in [0.1, 0.15) is 5.82 Å². The lowest BCUT2D eigenvalue weighted by molar-refractivity contribution is -0.0582. The van der Waals surface area contributed by atoms with Gasteiger partial charge in [-0.25, -0.2) is 9.18 Å². The first-order valence-corrected chi connectivity index (χ1v) is 9.55. The number of fused-ring (bicyclic) bond motifs is 1. The van der Waals surface area contributed by atoms with Crippen molar-refractivity contribution in [1.29, 1.82) is 0 Å². The van der Waals surface area contributed by atoms with Gasteiger partial charge < -0.3 is 10.2 Å². The Balaban J connectivity index is 1.64. The van der Waals surface area contributed by atoms with E-state index in [0.29, 0.717) is 17.6 Å². The lowest BCUT2D eigenvalue weighted by Crippen LogP contribution is -2.70. The summed E-state index contributed by atoms with van der Waals surface area (Å²) in [6.07, 6.45) is 0. The smallest absolute Gasteiger partial charge is 0.321 e. The predicted octanol–water partition coefficient (Wildman–Crippen LogP) is 3.09. The van der Waals surface area contributed by atoms with Gasteiger partial charge in [0.2, 0.25) is 0 Å². The zero-order valence-electron chi connectivity index (χ0n) is 16.3. The number of hydrogen-bond acceptors (Lipinski definition) is 3. The molecule has 2 amide bonds. The Bertz CT molecular complexity index is 631. The molecule has 1 atom stereocenters. The largest absolute Gasteiger partial charge is 0.322 e. The van der Waals surface area contributed by atoms with Gasteiger partial charge in [0.15, 0.2) is 0 Å². The molecule has 2 aliphatic heterocycles. The predicted molar refractivity (Wildman–Crippen MR) is 103 cm³/mol. The quantitative estimate of drug-likeness (QED) is 0.898. The minimum Gasteiger partial charge on any atom is -0.322 e. The van der Waals surface area contributed by atoms with Crippen LogP contribution in [0.4, 0.5) is 14.9 Å². The standard InChI is InChI=1S/C20H31FN4O/c1-15(2)11-23-12-18-13-24(9-10-25(18)20(3,4)14-23)19(26)22-17-7-5-16(21)6-8-17/h5-8,15,18H,9-14H2,1-4H3,(H,22,26)/t18-/m1/s1. The molecule has 144 valence electrons. The number of nitrogens with zero attached hydrogens (tertiary/aromatic N) is 3. The third kappa shape index (κ3) is 4.35. The fourth-order valence-electron chi connectivity index (χ4n) is 4.38. The van der Waals surface area contributed by atoms with Crippen LogP contribution in [0.15, 0.2) is 24.3 Å². The van der Waals surface area contributed by atoms with E-state index in [1.807, 2.05) is 4.90 Å². The van der Waals surface area contributed by atoms with Crippen LogP contribution < -0.4 is 5.32 Å². The van der Waals surface area contributed by atoms with Crippen LogP contribution in [0.5, 0.6) is 0 Å². The van der Waals surface area contributed by atoms with Crippen LogP contribution in [0, 0.1) is 11.7 Å². The number of amides is 2. The van der Waals surface area contributed by atoms with E-state index in [-0.39, 0.29) is 17.4 Å². The van der Waals surface area contributed by atoms with Crippen LogP contribution in [0.2, 0.25) is 0 Å². The fourth-order valence-corrected chi connectivity index (χ4v) is 4.38. The molecule has 0 aliphatic carbocycles. The maximum atomic E-state index is 13.0. The summed E-state index contributed by atoms with van der Waals surface area (Å²) in [5.41, 5.74) is 0.751. The van der Waals surface area contributed by atoms with E-state index in [1.54, 1.807) is 12.1 Å². The molecule has 5 nitrogen and oxygen atoms in total. The number of benzene rings is 1. The summed E-state index contributed by atoms with van der Waals surface area (Å²) in [4.78, 5) is 19.6. The van der Waals surface area contributed by atoms with Crippen LogP contribution in [0.25, 0.3) is 0 Å². The van der Waals surface area contributed by atoms with Crippen molar-refractivity contribution < 1.29 is 9.18 Å². The molecule has 26 heavy (non-hydrogen) atoms. The summed E-state index contributed by atoms with van der Waals surface area (Å²) in [5, 5.41) is 2.89. The van der Waals surface area contributed by atoms with E-state index in [9.17, 15) is 9.18 Å². The highest BCUT2D eigenvalue weighted by atomic mass is 19.1. The van der Waals surface area contributed by atoms with Crippen molar-refractivity contribution >= 4 is 11.7 Å². The van der Waals surface area contributed by atoms with E-state index >= 15 is 0 Å². The van der Waals surface area contributed by atoms with E-state index in [4.69, 9.17) is 0 Å². The van der Waals surface area contributed by atoms with Crippen molar-refractivity contribution in [2.75, 3.05) is 44.6 Å². The lowest BCUT2D eigenvalue weighted by atomic mass is 9.92. The Morgan fingerprint density at radius 3 is 2.58 bits per heavy atom. The van der Waals surface area contributed by atoms with Gasteiger partial charge in [0.05, 0.1) is 0 Å². The average Bonchev–Trinajstić information content (AvgIpc) is 2.55. The summed E-state index contributed by atoms with van der Waals surface area (Å²) >= 11 is 0. The Hall–Kier alpha value is -1.66. The number of urea groups is 1. The highest BCUT2D eigenvalue weighted by Crippen LogP contribution is 2.28. The van der Waals surface area contributed by atoms with Gasteiger partial charge in [0, 0.05) is 56.5 Å². The highest BCUT2D eigenvalue weighted by Gasteiger charge is 2.43. The van der Waals surface area contributed by atoms with Gasteiger partial charge in [-0.2, -0.15) is 0 Å². The molecule has 1 N–H and O–H groups in total. The summed E-state index contributed by atoms with van der Waals surface area (Å²) in [5.74, 6) is 0.338. The maximum absolute atomic E-state index is 13.0. The first kappa shape index (κ1) is 19.1. The number of rotatable bonds is 3. The topological polar surface area (TPSA) is 38.8 Å². The summed E-state index contributed by atoms with van der Waals surface area (Å²) in [7, 11) is 0. The van der Waals surface area contributed by atoms with E-state index < -0.39 is 0 Å². The number of nitrogens with one attached hydrogen (secondary N) is 1. The van der Waals surface area contributed by atoms with Gasteiger partial charge in [-0.3, -0.25) is 9.80 Å². The molecule has 0 aromatic heterocycles. The molecule has 2 aliphatic rings. The number of carbonyl (C=O) groups excluding carboxylic acids is 1. The molecule has 3 rings (SSSR count). The second-order valence-corrected chi connectivity index (χ2v) is 8.63. The molecular formula is C20H31FN4O. The summed E-state index contributed by atoms with van der Waals surface area (Å²) in [6, 6.07) is 6.16. The molecule has 2 fully saturated rings. The minimum absolute atomic E-state index is 0.102. The lowest BCUT2D eigenvalue weighted by Gasteiger charge is -2.55. The number of hydrogen-bond donors (Lipinski definition) is 1. The normalized spacial score (nSPS) is 23.8. The zero-order valence-corrected chi connectivity index (χ0v) is 16.3. The third-order valence-electron chi connectivity index (χ3n) is 5.35. The molecule has 6 heteroatoms. The van der Waals surface area contributed by atoms with Crippen LogP contribution >= 0.6 is 0 Å². The van der Waals surface area contributed by atoms with Gasteiger partial charge in [-0.05, 0) is 44.0 Å². The first-order valence-electron chi connectivity index (χ1n) is 9.55. The molecule has 2 saturated heterocycles. The Labute approximate surface area is 156 Å². The molecule has 0 spiro atoms. The van der Waals surface area contributed by atoms with Crippen molar-refractivity contribution in [3.8, 4) is 0 Å². The SMILES string of the molecule is CC(C)CN1C[C@@H]2CN(C(=O)Nc3ccc(F)cc3)CCN2C(C)(C)C1. The molecule has 0 saturated carbocycles. The monoisotopic (exact) mass is 362 g/mol. The van der Waals surface area contributed by atoms with Crippen molar-refractivity contribution in [1.82, 2.24) is 14.7 Å². The van der Waals surface area contributed by atoms with Crippen molar-refractivity contribution in [2.24, 2.45) is 5.92 Å². The Kier molecular flexibility index (Phi) is 5.53. The third-order valence-corrected chi connectivity index (χ3v) is 5.35. The van der Waals surface area contributed by atoms with Gasteiger partial charge in [-0.15, -0.1) is 0 Å². The van der Waals surface area contributed by atoms with Crippen molar-refractivity contribution in [3.63, 3.8) is 0 Å². The zero-order chi connectivity index (χ0) is 18.9. The van der Waals surface area contributed by atoms with E-state index in [1.165, 1.54) is 12.1 Å². The fraction of sp³-hybridized carbons (Fsp3) is 0.650. The van der Waals surface area contributed by atoms with E-state index in [2.05, 4.69) is 42.8 Å². The van der Waals surface area contributed by atoms with Crippen LogP contribution in [-0.4, -0.2) is 71.6 Å². The van der Waals surface area contributed by atoms with Gasteiger partial charge >= 0.3 is 6.03 Å². The van der Waals surface area contributed by atoms with E-state index in [0.717, 1.165) is 39.3 Å². The number of piperazine rings is 2. The van der Waals surface area contributed by atoms with Gasteiger partial charge in [-0.1, -0.05) is 13.8 Å². The Morgan fingerprint density at radius 2 is 1.92 bits per heavy atom. The molecule has 2 heterocycles. The van der Waals surface area contributed by atoms with Crippen LogP contribution in [-0.2, 0) is 0 Å². The second-order valence-electron chi connectivity index (χ2n) is 8.63. The van der Waals surface area contributed by atoms with Crippen LogP contribution in [0.1, 0.15) is 27.7 Å². The first-order chi connectivity index (χ1) is 12.2. The van der Waals surface area contributed by atoms with Crippen LogP contribution in [0.3, 0.4) is 0 Å².